The average molecular weight is 230 g/mol. The number of hydrogen-bond donors (Lipinski definition) is 1. The summed E-state index contributed by atoms with van der Waals surface area (Å²) in [5, 5.41) is 0. The Morgan fingerprint density at radius 1 is 1.36 bits per heavy atom. The lowest BCUT2D eigenvalue weighted by atomic mass is 10.0. The SMILES string of the molecule is NC(=S)CC1(CN2CCSCC2)CC1. The summed E-state index contributed by atoms with van der Waals surface area (Å²) >= 11 is 7.07. The molecule has 4 heteroatoms. The van der Waals surface area contributed by atoms with Crippen molar-refractivity contribution in [2.45, 2.75) is 19.3 Å². The van der Waals surface area contributed by atoms with Crippen molar-refractivity contribution in [2.75, 3.05) is 31.1 Å². The third kappa shape index (κ3) is 2.84. The summed E-state index contributed by atoms with van der Waals surface area (Å²) < 4.78 is 0. The zero-order valence-electron chi connectivity index (χ0n) is 8.50. The number of nitrogens with zero attached hydrogens (tertiary/aromatic N) is 1. The average Bonchev–Trinajstić information content (AvgIpc) is 2.85. The first-order valence-electron chi connectivity index (χ1n) is 5.29. The zero-order valence-corrected chi connectivity index (χ0v) is 10.1. The quantitative estimate of drug-likeness (QED) is 0.741. The number of thioether (sulfide) groups is 1. The molecule has 0 radical (unpaired) electrons. The smallest absolute Gasteiger partial charge is 0.0733 e. The van der Waals surface area contributed by atoms with Crippen molar-refractivity contribution in [3.05, 3.63) is 0 Å². The molecule has 0 atom stereocenters. The van der Waals surface area contributed by atoms with Gasteiger partial charge >= 0.3 is 0 Å². The molecule has 2 N–H and O–H groups in total. The second kappa shape index (κ2) is 4.37. The Morgan fingerprint density at radius 3 is 2.50 bits per heavy atom. The van der Waals surface area contributed by atoms with Crippen LogP contribution in [-0.2, 0) is 0 Å². The molecule has 80 valence electrons. The van der Waals surface area contributed by atoms with Gasteiger partial charge < -0.3 is 10.6 Å². The van der Waals surface area contributed by atoms with Crippen LogP contribution in [-0.4, -0.2) is 41.0 Å². The Kier molecular flexibility index (Phi) is 3.34. The maximum Gasteiger partial charge on any atom is 0.0733 e. The van der Waals surface area contributed by atoms with Gasteiger partial charge in [0.25, 0.3) is 0 Å². The van der Waals surface area contributed by atoms with Crippen molar-refractivity contribution < 1.29 is 0 Å². The minimum absolute atomic E-state index is 0.480. The van der Waals surface area contributed by atoms with Gasteiger partial charge in [0.1, 0.15) is 0 Å². The highest BCUT2D eigenvalue weighted by molar-refractivity contribution is 7.99. The molecule has 1 aliphatic heterocycles. The molecule has 0 aromatic rings. The van der Waals surface area contributed by atoms with E-state index in [-0.39, 0.29) is 0 Å². The number of thiocarbonyl (C=S) groups is 1. The van der Waals surface area contributed by atoms with Crippen LogP contribution >= 0.6 is 24.0 Å². The van der Waals surface area contributed by atoms with Crippen molar-refractivity contribution in [1.29, 1.82) is 0 Å². The Balaban J connectivity index is 1.80. The van der Waals surface area contributed by atoms with Gasteiger partial charge in [0.05, 0.1) is 4.99 Å². The number of nitrogens with two attached hydrogens (primary N) is 1. The molecule has 1 saturated carbocycles. The molecule has 0 unspecified atom stereocenters. The van der Waals surface area contributed by atoms with Crippen molar-refractivity contribution in [3.63, 3.8) is 0 Å². The predicted molar refractivity (Wildman–Crippen MR) is 66.8 cm³/mol. The van der Waals surface area contributed by atoms with Crippen LogP contribution in [0.3, 0.4) is 0 Å². The summed E-state index contributed by atoms with van der Waals surface area (Å²) in [5.41, 5.74) is 6.11. The molecule has 1 aliphatic carbocycles. The highest BCUT2D eigenvalue weighted by atomic mass is 32.2. The molecule has 2 rings (SSSR count). The second-order valence-corrected chi connectivity index (χ2v) is 6.28. The lowest BCUT2D eigenvalue weighted by Gasteiger charge is -2.30. The minimum atomic E-state index is 0.480. The van der Waals surface area contributed by atoms with Crippen LogP contribution in [0.2, 0.25) is 0 Å². The fourth-order valence-corrected chi connectivity index (χ4v) is 3.46. The van der Waals surface area contributed by atoms with E-state index in [0.29, 0.717) is 10.4 Å². The monoisotopic (exact) mass is 230 g/mol. The highest BCUT2D eigenvalue weighted by Gasteiger charge is 2.44. The van der Waals surface area contributed by atoms with Crippen LogP contribution in [0.25, 0.3) is 0 Å². The van der Waals surface area contributed by atoms with E-state index < -0.39 is 0 Å². The summed E-state index contributed by atoms with van der Waals surface area (Å²) in [6.45, 7) is 3.73. The lowest BCUT2D eigenvalue weighted by Crippen LogP contribution is -2.38. The van der Waals surface area contributed by atoms with Crippen molar-refractivity contribution >= 4 is 29.0 Å². The number of hydrogen-bond acceptors (Lipinski definition) is 3. The van der Waals surface area contributed by atoms with E-state index in [1.54, 1.807) is 0 Å². The summed E-state index contributed by atoms with van der Waals surface area (Å²) in [4.78, 5) is 3.29. The Morgan fingerprint density at radius 2 is 2.00 bits per heavy atom. The molecule has 1 heterocycles. The van der Waals surface area contributed by atoms with Crippen LogP contribution in [0.15, 0.2) is 0 Å². The first kappa shape index (κ1) is 10.7. The van der Waals surface area contributed by atoms with E-state index in [0.717, 1.165) is 6.42 Å². The maximum atomic E-state index is 5.63. The van der Waals surface area contributed by atoms with Crippen molar-refractivity contribution in [1.82, 2.24) is 4.90 Å². The molecule has 2 nitrogen and oxygen atoms in total. The van der Waals surface area contributed by atoms with Gasteiger partial charge in [0, 0.05) is 37.6 Å². The van der Waals surface area contributed by atoms with Gasteiger partial charge in [-0.3, -0.25) is 0 Å². The van der Waals surface area contributed by atoms with Crippen molar-refractivity contribution in [3.8, 4) is 0 Å². The van der Waals surface area contributed by atoms with Crippen molar-refractivity contribution in [2.24, 2.45) is 11.1 Å². The molecule has 0 spiro atoms. The van der Waals surface area contributed by atoms with Crippen LogP contribution < -0.4 is 5.73 Å². The third-order valence-electron chi connectivity index (χ3n) is 3.17. The van der Waals surface area contributed by atoms with E-state index in [2.05, 4.69) is 16.7 Å². The normalized spacial score (nSPS) is 26.0. The van der Waals surface area contributed by atoms with E-state index >= 15 is 0 Å². The van der Waals surface area contributed by atoms with Gasteiger partial charge in [0.2, 0.25) is 0 Å². The van der Waals surface area contributed by atoms with Gasteiger partial charge in [-0.2, -0.15) is 11.8 Å². The molecule has 2 aliphatic rings. The molecular weight excluding hydrogens is 212 g/mol. The maximum absolute atomic E-state index is 5.63. The zero-order chi connectivity index (χ0) is 10.0. The fraction of sp³-hybridized carbons (Fsp3) is 0.900. The second-order valence-electron chi connectivity index (χ2n) is 4.53. The first-order chi connectivity index (χ1) is 6.70. The van der Waals surface area contributed by atoms with Gasteiger partial charge in [-0.15, -0.1) is 0 Å². The topological polar surface area (TPSA) is 29.3 Å². The van der Waals surface area contributed by atoms with E-state index in [4.69, 9.17) is 18.0 Å². The van der Waals surface area contributed by atoms with Gasteiger partial charge in [-0.25, -0.2) is 0 Å². The minimum Gasteiger partial charge on any atom is -0.393 e. The highest BCUT2D eigenvalue weighted by Crippen LogP contribution is 2.49. The molecule has 14 heavy (non-hydrogen) atoms. The van der Waals surface area contributed by atoms with Crippen LogP contribution in [0.4, 0.5) is 0 Å². The van der Waals surface area contributed by atoms with E-state index in [1.165, 1.54) is 44.0 Å². The Hall–Kier alpha value is 0.200. The molecule has 2 fully saturated rings. The molecule has 0 bridgehead atoms. The molecule has 0 aromatic heterocycles. The summed E-state index contributed by atoms with van der Waals surface area (Å²) in [5.74, 6) is 2.59. The largest absolute Gasteiger partial charge is 0.393 e. The van der Waals surface area contributed by atoms with E-state index in [9.17, 15) is 0 Å². The third-order valence-corrected chi connectivity index (χ3v) is 4.26. The van der Waals surface area contributed by atoms with Crippen LogP contribution in [0, 0.1) is 5.41 Å². The number of rotatable bonds is 4. The predicted octanol–water partition coefficient (Wildman–Crippen LogP) is 1.49. The standard InChI is InChI=1S/C10H18N2S2/c11-9(13)7-10(1-2-10)8-12-3-5-14-6-4-12/h1-8H2,(H2,11,13). The van der Waals surface area contributed by atoms with Gasteiger partial charge in [-0.1, -0.05) is 12.2 Å². The summed E-state index contributed by atoms with van der Waals surface area (Å²) in [6, 6.07) is 0. The molecule has 0 aromatic carbocycles. The van der Waals surface area contributed by atoms with Gasteiger partial charge in [-0.05, 0) is 18.3 Å². The Labute approximate surface area is 95.6 Å². The fourth-order valence-electron chi connectivity index (χ4n) is 2.17. The molecular formula is C10H18N2S2. The molecule has 1 saturated heterocycles. The van der Waals surface area contributed by atoms with E-state index in [1.807, 2.05) is 0 Å². The van der Waals surface area contributed by atoms with Gasteiger partial charge in [0.15, 0.2) is 0 Å². The Bertz CT molecular complexity index is 220. The summed E-state index contributed by atoms with van der Waals surface area (Å²) in [6.07, 6.45) is 3.62. The first-order valence-corrected chi connectivity index (χ1v) is 6.85. The van der Waals surface area contributed by atoms with Crippen LogP contribution in [0.5, 0.6) is 0 Å². The summed E-state index contributed by atoms with van der Waals surface area (Å²) in [7, 11) is 0. The lowest BCUT2D eigenvalue weighted by molar-refractivity contribution is 0.242. The van der Waals surface area contributed by atoms with Crippen LogP contribution in [0.1, 0.15) is 19.3 Å². The molecule has 0 amide bonds.